The lowest BCUT2D eigenvalue weighted by molar-refractivity contribution is -0.117. The van der Waals surface area contributed by atoms with Crippen molar-refractivity contribution in [1.82, 2.24) is 0 Å². The van der Waals surface area contributed by atoms with E-state index in [9.17, 15) is 4.79 Å². The van der Waals surface area contributed by atoms with Crippen molar-refractivity contribution < 1.29 is 9.63 Å². The van der Waals surface area contributed by atoms with Crippen LogP contribution in [0.2, 0.25) is 0 Å². The second kappa shape index (κ2) is 6.16. The Balaban J connectivity index is 2.08. The second-order valence-electron chi connectivity index (χ2n) is 3.12. The summed E-state index contributed by atoms with van der Waals surface area (Å²) in [6, 6.07) is 9.65. The molecule has 0 aliphatic heterocycles. The van der Waals surface area contributed by atoms with Crippen LogP contribution >= 0.6 is 0 Å². The molecule has 3 nitrogen and oxygen atoms in total. The Morgan fingerprint density at radius 2 is 2.07 bits per heavy atom. The van der Waals surface area contributed by atoms with Crippen molar-refractivity contribution >= 4 is 11.5 Å². The average molecular weight is 193 g/mol. The van der Waals surface area contributed by atoms with Gasteiger partial charge in [0.1, 0.15) is 5.78 Å². The van der Waals surface area contributed by atoms with Crippen molar-refractivity contribution in [2.75, 3.05) is 12.1 Å². The van der Waals surface area contributed by atoms with Crippen LogP contribution in [0.1, 0.15) is 19.8 Å². The fourth-order valence-corrected chi connectivity index (χ4v) is 1.03. The number of hydrogen-bond donors (Lipinski definition) is 1. The molecule has 0 aromatic heterocycles. The van der Waals surface area contributed by atoms with Crippen LogP contribution < -0.4 is 5.48 Å². The Morgan fingerprint density at radius 3 is 2.71 bits per heavy atom. The summed E-state index contributed by atoms with van der Waals surface area (Å²) in [4.78, 5) is 15.8. The van der Waals surface area contributed by atoms with E-state index in [-0.39, 0.29) is 5.78 Å². The molecule has 0 aliphatic rings. The van der Waals surface area contributed by atoms with E-state index in [0.717, 1.165) is 12.1 Å². The summed E-state index contributed by atoms with van der Waals surface area (Å²) in [6.07, 6.45) is 1.34. The van der Waals surface area contributed by atoms with E-state index in [0.29, 0.717) is 13.0 Å². The van der Waals surface area contributed by atoms with Gasteiger partial charge in [-0.2, -0.15) is 0 Å². The van der Waals surface area contributed by atoms with Gasteiger partial charge in [0.05, 0.1) is 12.3 Å². The summed E-state index contributed by atoms with van der Waals surface area (Å²) < 4.78 is 0. The number of nitrogens with one attached hydrogen (secondary N) is 1. The summed E-state index contributed by atoms with van der Waals surface area (Å²) in [6.45, 7) is 2.14. The van der Waals surface area contributed by atoms with Gasteiger partial charge in [0.25, 0.3) is 0 Å². The third kappa shape index (κ3) is 4.62. The average Bonchev–Trinajstić information content (AvgIpc) is 2.18. The molecular weight excluding hydrogens is 178 g/mol. The summed E-state index contributed by atoms with van der Waals surface area (Å²) in [7, 11) is 0. The third-order valence-electron chi connectivity index (χ3n) is 1.74. The number of rotatable bonds is 6. The maximum Gasteiger partial charge on any atom is 0.129 e. The lowest BCUT2D eigenvalue weighted by Crippen LogP contribution is -2.04. The first-order chi connectivity index (χ1) is 6.79. The van der Waals surface area contributed by atoms with Gasteiger partial charge >= 0.3 is 0 Å². The molecule has 0 saturated carbocycles. The van der Waals surface area contributed by atoms with Gasteiger partial charge in [-0.15, -0.1) is 0 Å². The van der Waals surface area contributed by atoms with Crippen molar-refractivity contribution in [1.29, 1.82) is 0 Å². The maximum atomic E-state index is 10.6. The van der Waals surface area contributed by atoms with Crippen LogP contribution in [0.25, 0.3) is 0 Å². The first-order valence-corrected chi connectivity index (χ1v) is 4.71. The Bertz CT molecular complexity index is 272. The smallest absolute Gasteiger partial charge is 0.129 e. The van der Waals surface area contributed by atoms with Gasteiger partial charge in [-0.05, 0) is 25.5 Å². The number of Topliss-reactive ketones (excluding diaryl/α,β-unsaturated/α-hetero) is 1. The Labute approximate surface area is 84.0 Å². The van der Waals surface area contributed by atoms with Gasteiger partial charge in [0, 0.05) is 6.42 Å². The van der Waals surface area contributed by atoms with E-state index in [1.165, 1.54) is 0 Å². The van der Waals surface area contributed by atoms with E-state index in [2.05, 4.69) is 5.48 Å². The number of anilines is 1. The van der Waals surface area contributed by atoms with Gasteiger partial charge in [-0.3, -0.25) is 10.3 Å². The molecule has 0 spiro atoms. The van der Waals surface area contributed by atoms with Crippen LogP contribution in [0.5, 0.6) is 0 Å². The molecule has 1 aromatic rings. The van der Waals surface area contributed by atoms with Crippen molar-refractivity contribution in [3.05, 3.63) is 30.3 Å². The van der Waals surface area contributed by atoms with Crippen LogP contribution in [0.4, 0.5) is 5.69 Å². The van der Waals surface area contributed by atoms with E-state index in [4.69, 9.17) is 4.84 Å². The molecule has 0 amide bonds. The molecule has 0 saturated heterocycles. The molecule has 1 N–H and O–H groups in total. The predicted molar refractivity (Wildman–Crippen MR) is 55.9 cm³/mol. The quantitative estimate of drug-likeness (QED) is 0.557. The molecule has 0 fully saturated rings. The number of benzene rings is 1. The molecule has 3 heteroatoms. The molecule has 0 unspecified atom stereocenters. The maximum absolute atomic E-state index is 10.6. The van der Waals surface area contributed by atoms with E-state index in [1.54, 1.807) is 6.92 Å². The molecule has 0 aliphatic carbocycles. The van der Waals surface area contributed by atoms with Gasteiger partial charge in [-0.1, -0.05) is 18.2 Å². The monoisotopic (exact) mass is 193 g/mol. The number of hydrogen-bond acceptors (Lipinski definition) is 3. The number of ketones is 1. The molecular formula is C11H15NO2. The van der Waals surface area contributed by atoms with Crippen molar-refractivity contribution in [3.63, 3.8) is 0 Å². The molecule has 1 aromatic carbocycles. The van der Waals surface area contributed by atoms with Crippen molar-refractivity contribution in [2.24, 2.45) is 0 Å². The highest BCUT2D eigenvalue weighted by Crippen LogP contribution is 2.04. The van der Waals surface area contributed by atoms with Crippen molar-refractivity contribution in [3.8, 4) is 0 Å². The lowest BCUT2D eigenvalue weighted by atomic mass is 10.2. The zero-order chi connectivity index (χ0) is 10.2. The van der Waals surface area contributed by atoms with Gasteiger partial charge < -0.3 is 4.79 Å². The first kappa shape index (κ1) is 10.7. The summed E-state index contributed by atoms with van der Waals surface area (Å²) in [5.41, 5.74) is 3.73. The highest BCUT2D eigenvalue weighted by atomic mass is 16.6. The van der Waals surface area contributed by atoms with Gasteiger partial charge in [-0.25, -0.2) is 0 Å². The molecule has 1 rings (SSSR count). The van der Waals surface area contributed by atoms with E-state index >= 15 is 0 Å². The zero-order valence-corrected chi connectivity index (χ0v) is 8.32. The minimum absolute atomic E-state index is 0.202. The third-order valence-corrected chi connectivity index (χ3v) is 1.74. The number of carbonyl (C=O) groups is 1. The highest BCUT2D eigenvalue weighted by molar-refractivity contribution is 5.75. The minimum Gasteiger partial charge on any atom is -0.300 e. The molecule has 0 atom stereocenters. The zero-order valence-electron chi connectivity index (χ0n) is 8.32. The van der Waals surface area contributed by atoms with Crippen LogP contribution in [-0.4, -0.2) is 12.4 Å². The summed E-state index contributed by atoms with van der Waals surface area (Å²) >= 11 is 0. The standard InChI is InChI=1S/C11H15NO2/c1-10(13)6-5-9-14-12-11-7-3-2-4-8-11/h2-4,7-8,12H,5-6,9H2,1H3. The fraction of sp³-hybridized carbons (Fsp3) is 0.364. The number of carbonyl (C=O) groups excluding carboxylic acids is 1. The van der Waals surface area contributed by atoms with E-state index in [1.807, 2.05) is 30.3 Å². The minimum atomic E-state index is 0.202. The molecule has 0 bridgehead atoms. The van der Waals surface area contributed by atoms with Crippen LogP contribution in [0.3, 0.4) is 0 Å². The number of para-hydroxylation sites is 1. The Kier molecular flexibility index (Phi) is 4.72. The summed E-state index contributed by atoms with van der Waals surface area (Å²) in [5.74, 6) is 0.202. The summed E-state index contributed by atoms with van der Waals surface area (Å²) in [5, 5.41) is 0. The Morgan fingerprint density at radius 1 is 1.36 bits per heavy atom. The van der Waals surface area contributed by atoms with Crippen molar-refractivity contribution in [2.45, 2.75) is 19.8 Å². The van der Waals surface area contributed by atoms with Crippen LogP contribution in [0, 0.1) is 0 Å². The molecule has 14 heavy (non-hydrogen) atoms. The van der Waals surface area contributed by atoms with Gasteiger partial charge in [0.15, 0.2) is 0 Å². The fourth-order valence-electron chi connectivity index (χ4n) is 1.03. The SMILES string of the molecule is CC(=O)CCCONc1ccccc1. The largest absolute Gasteiger partial charge is 0.300 e. The van der Waals surface area contributed by atoms with E-state index < -0.39 is 0 Å². The van der Waals surface area contributed by atoms with Gasteiger partial charge in [0.2, 0.25) is 0 Å². The Hall–Kier alpha value is -1.35. The topological polar surface area (TPSA) is 38.3 Å². The van der Waals surface area contributed by atoms with Crippen LogP contribution in [0.15, 0.2) is 30.3 Å². The highest BCUT2D eigenvalue weighted by Gasteiger charge is 1.93. The van der Waals surface area contributed by atoms with Crippen LogP contribution in [-0.2, 0) is 9.63 Å². The first-order valence-electron chi connectivity index (χ1n) is 4.71. The molecule has 76 valence electrons. The second-order valence-corrected chi connectivity index (χ2v) is 3.12. The lowest BCUT2D eigenvalue weighted by Gasteiger charge is -2.05. The normalized spacial score (nSPS) is 9.79. The predicted octanol–water partition coefficient (Wildman–Crippen LogP) is 2.40. The molecule has 0 radical (unpaired) electrons. The molecule has 0 heterocycles.